The first-order valence-corrected chi connectivity index (χ1v) is 38.6. The number of fused-ring (bicyclic) bond motifs is 15. The van der Waals surface area contributed by atoms with Crippen molar-refractivity contribution in [3.05, 3.63) is 147 Å². The predicted octanol–water partition coefficient (Wildman–Crippen LogP) is 3.40. The zero-order valence-electron chi connectivity index (χ0n) is 63.4. The van der Waals surface area contributed by atoms with Crippen LogP contribution in [-0.2, 0) is 49.5 Å². The zero-order chi connectivity index (χ0) is 82.1. The highest BCUT2D eigenvalue weighted by molar-refractivity contribution is 6.32. The van der Waals surface area contributed by atoms with Gasteiger partial charge >= 0.3 is 6.03 Å². The van der Waals surface area contributed by atoms with E-state index in [0.29, 0.717) is 18.3 Å². The molecule has 1 saturated heterocycles. The molecule has 6 aromatic rings. The number of likely N-dealkylation sites (N-methyl/N-ethyl adjacent to an activating group) is 1. The number of ether oxygens (including phenoxy) is 4. The molecule has 15 bridgehead atoms. The van der Waals surface area contributed by atoms with E-state index in [1.165, 1.54) is 44.3 Å². The number of carbonyl (C=O) groups excluding carboxylic acids is 9. The van der Waals surface area contributed by atoms with Gasteiger partial charge < -0.3 is 118 Å². The number of phenolic OH excluding ortho intramolecular Hbond substituents is 3. The highest BCUT2D eigenvalue weighted by Gasteiger charge is 2.51. The fraction of sp³-hybridized carbons (Fsp3) is 0.444. The van der Waals surface area contributed by atoms with Crippen molar-refractivity contribution in [1.82, 2.24) is 53.2 Å². The van der Waals surface area contributed by atoms with Gasteiger partial charge in [-0.25, -0.2) is 4.79 Å². The van der Waals surface area contributed by atoms with E-state index >= 15 is 28.8 Å². The summed E-state index contributed by atoms with van der Waals surface area (Å²) in [6.45, 7) is 4.98. The van der Waals surface area contributed by atoms with Crippen LogP contribution in [-0.4, -0.2) is 187 Å². The quantitative estimate of drug-likeness (QED) is 0.0582. The minimum absolute atomic E-state index is 0.0461. The van der Waals surface area contributed by atoms with Crippen molar-refractivity contribution in [1.29, 1.82) is 0 Å². The van der Waals surface area contributed by atoms with Crippen molar-refractivity contribution in [2.24, 2.45) is 29.6 Å². The highest BCUT2D eigenvalue weighted by Crippen LogP contribution is 2.55. The van der Waals surface area contributed by atoms with Crippen LogP contribution >= 0.6 is 11.6 Å². The van der Waals surface area contributed by atoms with E-state index in [-0.39, 0.29) is 91.4 Å². The van der Waals surface area contributed by atoms with E-state index in [9.17, 15) is 60.3 Å². The number of anilines is 1. The van der Waals surface area contributed by atoms with Gasteiger partial charge in [0.1, 0.15) is 102 Å². The molecule has 4 saturated carbocycles. The Balaban J connectivity index is 0.986. The van der Waals surface area contributed by atoms with Crippen molar-refractivity contribution in [2.45, 2.75) is 170 Å². The normalized spacial score (nSPS) is 27.9. The van der Waals surface area contributed by atoms with Gasteiger partial charge in [-0.05, 0) is 214 Å². The molecule has 0 radical (unpaired) electrons. The number of urea groups is 1. The lowest BCUT2D eigenvalue weighted by atomic mass is 9.54. The molecule has 0 spiro atoms. The second-order valence-corrected chi connectivity index (χ2v) is 31.5. The molecular formula is C81H94ClN11O22. The Kier molecular flexibility index (Phi) is 24.9. The Morgan fingerprint density at radius 3 is 1.93 bits per heavy atom. The summed E-state index contributed by atoms with van der Waals surface area (Å²) in [6.07, 6.45) is -8.98. The van der Waals surface area contributed by atoms with Crippen LogP contribution in [0.15, 0.2) is 103 Å². The van der Waals surface area contributed by atoms with Gasteiger partial charge in [0.15, 0.2) is 11.5 Å². The molecule has 612 valence electrons. The molecule has 10 aliphatic rings. The van der Waals surface area contributed by atoms with Crippen LogP contribution in [0.4, 0.5) is 10.5 Å². The second kappa shape index (κ2) is 34.8. The van der Waals surface area contributed by atoms with Crippen molar-refractivity contribution < 1.29 is 108 Å². The van der Waals surface area contributed by atoms with Crippen LogP contribution in [0.3, 0.4) is 0 Å². The first kappa shape index (κ1) is 82.3. The topological polar surface area (TPSA) is 505 Å². The van der Waals surface area contributed by atoms with Crippen LogP contribution in [0.5, 0.6) is 46.0 Å². The molecule has 20 N–H and O–H groups in total. The van der Waals surface area contributed by atoms with Gasteiger partial charge in [0.25, 0.3) is 0 Å². The lowest BCUT2D eigenvalue weighted by molar-refractivity contribution is -0.277. The molecule has 10 amide bonds. The van der Waals surface area contributed by atoms with E-state index in [0.717, 1.165) is 99.2 Å². The Morgan fingerprint density at radius 2 is 1.28 bits per heavy atom. The Labute approximate surface area is 665 Å². The minimum atomic E-state index is -2.35. The maximum Gasteiger partial charge on any atom is 0.325 e. The number of aryl methyl sites for hydroxylation is 2. The van der Waals surface area contributed by atoms with Gasteiger partial charge in [-0.15, -0.1) is 0 Å². The maximum atomic E-state index is 16.4. The minimum Gasteiger partial charge on any atom is -0.508 e. The Morgan fingerprint density at radius 1 is 0.635 bits per heavy atom. The summed E-state index contributed by atoms with van der Waals surface area (Å²) in [4.78, 5) is 137. The summed E-state index contributed by atoms with van der Waals surface area (Å²) in [7, 11) is 3.32. The summed E-state index contributed by atoms with van der Waals surface area (Å²) in [5, 5.41) is 134. The number of phenols is 3. The molecule has 4 aliphatic carbocycles. The first-order chi connectivity index (χ1) is 54.9. The third kappa shape index (κ3) is 17.9. The molecule has 6 heterocycles. The molecule has 0 aromatic heterocycles. The van der Waals surface area contributed by atoms with Gasteiger partial charge in [0.05, 0.1) is 24.1 Å². The number of hydrogen-bond acceptors (Lipinski definition) is 24. The number of nitrogens with one attached hydrogen (secondary N) is 11. The van der Waals surface area contributed by atoms with Gasteiger partial charge in [0.2, 0.25) is 59.3 Å². The number of amides is 10. The summed E-state index contributed by atoms with van der Waals surface area (Å²) >= 11 is 7.17. The summed E-state index contributed by atoms with van der Waals surface area (Å²) in [6, 6.07) is 6.39. The van der Waals surface area contributed by atoms with Gasteiger partial charge in [0, 0.05) is 28.9 Å². The molecule has 115 heavy (non-hydrogen) atoms. The molecule has 0 unspecified atom stereocenters. The first-order valence-electron chi connectivity index (χ1n) is 38.2. The summed E-state index contributed by atoms with van der Waals surface area (Å²) in [5.74, 6) is -12.8. The van der Waals surface area contributed by atoms with Crippen LogP contribution in [0, 0.1) is 36.5 Å². The number of aromatic hydroxyl groups is 3. The number of aliphatic hydroxyl groups excluding tert-OH is 6. The third-order valence-electron chi connectivity index (χ3n) is 22.5. The number of carbonyl (C=O) groups is 9. The average molecular weight is 1610 g/mol. The maximum absolute atomic E-state index is 16.4. The SMILES string of the molecule is CNCCCc1ccc(NC(=O)NC(=O)C[C@@H]2NC(=O)[C@H](NC(=O)[C@@H](CC(C)C)NC)[C@H](O)c3ccc(c(C)c3)Oc3cc4cc(c3O[C@@H]3O[C@H](CO)[C@@H](O)[C@H](O)[C@H]3O)Oc3ccc(cc3Cl)[C@@H](O)[C@@H]3NC(=O)[C@H](NC(=O)[C@@H]4NC2=O)c2ccc(O)c(c2)-c2c(O)cc(O)cc2[C@@H](C(=O)NC2C4CC5CC(C4)CC2C5)NC3=O)cc1. The predicted molar refractivity (Wildman–Crippen MR) is 411 cm³/mol. The lowest BCUT2D eigenvalue weighted by Crippen LogP contribution is -2.60. The number of hydrogen-bond donors (Lipinski definition) is 20. The number of halogens is 1. The van der Waals surface area contributed by atoms with Crippen LogP contribution in [0.2, 0.25) is 5.02 Å². The fourth-order valence-corrected chi connectivity index (χ4v) is 17.1. The van der Waals surface area contributed by atoms with Gasteiger partial charge in [-0.1, -0.05) is 55.8 Å². The van der Waals surface area contributed by atoms with Crippen LogP contribution in [0.25, 0.3) is 11.1 Å². The molecule has 6 aromatic carbocycles. The molecular weight excluding hydrogens is 1510 g/mol. The summed E-state index contributed by atoms with van der Waals surface area (Å²) < 4.78 is 25.7. The third-order valence-corrected chi connectivity index (χ3v) is 22.8. The molecule has 33 nitrogen and oxygen atoms in total. The van der Waals surface area contributed by atoms with Crippen LogP contribution < -0.4 is 72.7 Å². The van der Waals surface area contributed by atoms with Gasteiger partial charge in [-0.3, -0.25) is 43.7 Å². The van der Waals surface area contributed by atoms with E-state index in [1.807, 2.05) is 20.9 Å². The number of benzene rings is 6. The largest absolute Gasteiger partial charge is 0.508 e. The Bertz CT molecular complexity index is 4710. The monoisotopic (exact) mass is 1610 g/mol. The number of aliphatic hydroxyl groups is 6. The molecule has 34 heteroatoms. The average Bonchev–Trinajstić information content (AvgIpc) is 0.760. The van der Waals surface area contributed by atoms with Crippen molar-refractivity contribution in [2.75, 3.05) is 32.6 Å². The van der Waals surface area contributed by atoms with E-state index in [2.05, 4.69) is 58.5 Å². The smallest absolute Gasteiger partial charge is 0.325 e. The zero-order valence-corrected chi connectivity index (χ0v) is 64.1. The van der Waals surface area contributed by atoms with Crippen molar-refractivity contribution >= 4 is 70.6 Å². The standard InChI is InChI=1S/C81H94ClN11O22/c1-34(2)19-50(84-5)73(104)92-65-67(99)40-11-16-54(35(3)20-40)112-56-28-44-29-57(72(56)115-80-71(103)70(102)69(101)58(33-94)114-80)113-55-17-12-41(27-49(55)82)68(100)66-79(110)91-64(77(108)88-61-42-22-37-21-38(24-42)25-43(61)23-37)48-30-46(95)31-53(97)60(48)47-26-39(10-15-52(47)96)62(75(106)93-66)90-76(107)63(44)89-74(105)51(86-78(65)109)32-59(98)87-81(111)85-45-13-8-36(9-14-45)7-6-18-83-4/h8-17,20,26-31,34,37-38,42-43,50-51,58,61-71,80,83-84,94-97,99-103H,6-7,18-19,21-25,32-33H2,1-5H3,(H,86,109)(H,88,108)(H,89,105)(H,90,107)(H,91,110)(H,92,104)(H,93,106)(H2,85,87,98,111)/t37?,38?,42?,43?,50-,51+,58-,61?,62-,63-,64+,65-,66+,67-,68-,69-,70+,71-,80+/m1/s1. The van der Waals surface area contributed by atoms with Crippen molar-refractivity contribution in [3.8, 4) is 57.1 Å². The van der Waals surface area contributed by atoms with Gasteiger partial charge in [-0.2, -0.15) is 0 Å². The number of rotatable bonds is 17. The second-order valence-electron chi connectivity index (χ2n) is 31.1. The van der Waals surface area contributed by atoms with E-state index in [1.54, 1.807) is 24.3 Å². The fourth-order valence-electron chi connectivity index (χ4n) is 16.9. The molecule has 14 atom stereocenters. The molecule has 6 aliphatic heterocycles. The van der Waals surface area contributed by atoms with Crippen molar-refractivity contribution in [3.63, 3.8) is 0 Å². The summed E-state index contributed by atoms with van der Waals surface area (Å²) in [5.41, 5.74) is -0.618. The van der Waals surface area contributed by atoms with Crippen LogP contribution in [0.1, 0.15) is 134 Å². The highest BCUT2D eigenvalue weighted by atomic mass is 35.5. The molecule has 16 rings (SSSR count). The molecule has 5 fully saturated rings. The van der Waals surface area contributed by atoms with E-state index in [4.69, 9.17) is 30.5 Å². The van der Waals surface area contributed by atoms with E-state index < -0.39 is 192 Å². The lowest BCUT2D eigenvalue weighted by Gasteiger charge is -2.54. The number of imide groups is 1. The Hall–Kier alpha value is -10.7.